The van der Waals surface area contributed by atoms with E-state index in [9.17, 15) is 4.39 Å². The molecule has 1 fully saturated rings. The number of thiazole rings is 1. The van der Waals surface area contributed by atoms with Crippen LogP contribution in [0.3, 0.4) is 0 Å². The van der Waals surface area contributed by atoms with Crippen molar-refractivity contribution in [3.05, 3.63) is 59.6 Å². The van der Waals surface area contributed by atoms with E-state index in [4.69, 9.17) is 5.73 Å². The van der Waals surface area contributed by atoms with Gasteiger partial charge in [-0.2, -0.15) is 5.10 Å². The van der Waals surface area contributed by atoms with Crippen molar-refractivity contribution < 1.29 is 4.39 Å². The van der Waals surface area contributed by atoms with Gasteiger partial charge in [0.2, 0.25) is 0 Å². The Balaban J connectivity index is 0.00000240. The maximum Gasteiger partial charge on any atom is 0.191 e. The van der Waals surface area contributed by atoms with Crippen LogP contribution >= 0.6 is 35.3 Å². The Labute approximate surface area is 190 Å². The van der Waals surface area contributed by atoms with Gasteiger partial charge in [-0.15, -0.1) is 35.3 Å². The van der Waals surface area contributed by atoms with Crippen LogP contribution in [0.5, 0.6) is 0 Å². The molecule has 0 atom stereocenters. The van der Waals surface area contributed by atoms with Crippen molar-refractivity contribution in [1.29, 1.82) is 0 Å². The van der Waals surface area contributed by atoms with Gasteiger partial charge in [0.25, 0.3) is 0 Å². The first-order valence-corrected chi connectivity index (χ1v) is 10.1. The van der Waals surface area contributed by atoms with Crippen molar-refractivity contribution >= 4 is 46.4 Å². The second-order valence-corrected chi connectivity index (χ2v) is 7.38. The molecule has 1 aliphatic heterocycles. The number of anilines is 1. The number of benzene rings is 1. The number of guanidine groups is 1. The minimum atomic E-state index is -0.256. The second-order valence-electron chi connectivity index (χ2n) is 6.51. The van der Waals surface area contributed by atoms with E-state index < -0.39 is 0 Å². The summed E-state index contributed by atoms with van der Waals surface area (Å²) in [7, 11) is 0. The summed E-state index contributed by atoms with van der Waals surface area (Å²) in [5.74, 6) is 0.324. The number of nitrogens with two attached hydrogens (primary N) is 1. The predicted molar refractivity (Wildman–Crippen MR) is 125 cm³/mol. The normalized spacial score (nSPS) is 14.7. The summed E-state index contributed by atoms with van der Waals surface area (Å²) in [6.07, 6.45) is 4.40. The molecule has 0 aliphatic carbocycles. The third kappa shape index (κ3) is 5.44. The van der Waals surface area contributed by atoms with Gasteiger partial charge in [0, 0.05) is 56.9 Å². The lowest BCUT2D eigenvalue weighted by Crippen LogP contribution is -2.51. The van der Waals surface area contributed by atoms with Crippen LogP contribution in [0.1, 0.15) is 5.69 Å². The van der Waals surface area contributed by atoms with Crippen molar-refractivity contribution in [1.82, 2.24) is 19.7 Å². The zero-order valence-corrected chi connectivity index (χ0v) is 19.0. The molecule has 154 valence electrons. The lowest BCUT2D eigenvalue weighted by Gasteiger charge is -2.35. The SMILES string of the molecule is I.NC(=NCCc1ccn(-c2ccc(F)cc2)n1)N1CCN(c2nccs2)CC1. The molecule has 0 amide bonds. The smallest absolute Gasteiger partial charge is 0.191 e. The topological polar surface area (TPSA) is 75.6 Å². The minimum Gasteiger partial charge on any atom is -0.370 e. The Bertz CT molecular complexity index is 918. The Hall–Kier alpha value is -2.21. The molecule has 10 heteroatoms. The molecule has 3 heterocycles. The number of hydrogen-bond donors (Lipinski definition) is 1. The van der Waals surface area contributed by atoms with Gasteiger partial charge in [0.15, 0.2) is 11.1 Å². The number of aromatic nitrogens is 3. The molecule has 0 saturated carbocycles. The van der Waals surface area contributed by atoms with Gasteiger partial charge in [0.1, 0.15) is 5.82 Å². The molecule has 2 aromatic heterocycles. The van der Waals surface area contributed by atoms with Crippen LogP contribution < -0.4 is 10.6 Å². The van der Waals surface area contributed by atoms with Gasteiger partial charge in [-0.05, 0) is 30.3 Å². The highest BCUT2D eigenvalue weighted by atomic mass is 127. The average molecular weight is 527 g/mol. The van der Waals surface area contributed by atoms with E-state index in [1.54, 1.807) is 28.2 Å². The molecule has 0 radical (unpaired) electrons. The van der Waals surface area contributed by atoms with Gasteiger partial charge in [0.05, 0.1) is 11.4 Å². The van der Waals surface area contributed by atoms with Crippen LogP contribution in [0.25, 0.3) is 5.69 Å². The van der Waals surface area contributed by atoms with E-state index in [-0.39, 0.29) is 29.8 Å². The Morgan fingerprint density at radius 1 is 1.14 bits per heavy atom. The molecular formula is C19H23FIN7S. The van der Waals surface area contributed by atoms with Crippen LogP contribution in [-0.2, 0) is 6.42 Å². The molecule has 0 unspecified atom stereocenters. The molecule has 2 N–H and O–H groups in total. The largest absolute Gasteiger partial charge is 0.370 e. The molecule has 3 aromatic rings. The van der Waals surface area contributed by atoms with Crippen molar-refractivity contribution in [3.8, 4) is 5.69 Å². The molecular weight excluding hydrogens is 504 g/mol. The Morgan fingerprint density at radius 3 is 2.59 bits per heavy atom. The van der Waals surface area contributed by atoms with Crippen molar-refractivity contribution in [2.75, 3.05) is 37.6 Å². The first-order chi connectivity index (χ1) is 13.7. The maximum atomic E-state index is 13.0. The molecule has 0 bridgehead atoms. The molecule has 1 saturated heterocycles. The third-order valence-electron chi connectivity index (χ3n) is 4.67. The summed E-state index contributed by atoms with van der Waals surface area (Å²) in [5, 5.41) is 7.57. The number of nitrogens with zero attached hydrogens (tertiary/aromatic N) is 6. The van der Waals surface area contributed by atoms with Gasteiger partial charge >= 0.3 is 0 Å². The number of hydrogen-bond acceptors (Lipinski definition) is 5. The van der Waals surface area contributed by atoms with E-state index in [1.807, 2.05) is 23.8 Å². The van der Waals surface area contributed by atoms with Crippen molar-refractivity contribution in [3.63, 3.8) is 0 Å². The summed E-state index contributed by atoms with van der Waals surface area (Å²) in [6, 6.07) is 8.20. The minimum absolute atomic E-state index is 0. The highest BCUT2D eigenvalue weighted by molar-refractivity contribution is 14.0. The first-order valence-electron chi connectivity index (χ1n) is 9.19. The summed E-state index contributed by atoms with van der Waals surface area (Å²) in [4.78, 5) is 13.3. The Morgan fingerprint density at radius 2 is 1.90 bits per heavy atom. The van der Waals surface area contributed by atoms with Gasteiger partial charge < -0.3 is 15.5 Å². The van der Waals surface area contributed by atoms with Crippen LogP contribution in [0.2, 0.25) is 0 Å². The molecule has 1 aliphatic rings. The van der Waals surface area contributed by atoms with Gasteiger partial charge in [-0.25, -0.2) is 14.1 Å². The van der Waals surface area contributed by atoms with Crippen molar-refractivity contribution in [2.24, 2.45) is 10.7 Å². The van der Waals surface area contributed by atoms with Crippen LogP contribution in [0.15, 0.2) is 53.1 Å². The fourth-order valence-corrected chi connectivity index (χ4v) is 3.81. The second kappa shape index (κ2) is 10.0. The van der Waals surface area contributed by atoms with E-state index in [1.165, 1.54) is 12.1 Å². The lowest BCUT2D eigenvalue weighted by atomic mass is 10.3. The van der Waals surface area contributed by atoms with Crippen LogP contribution in [0, 0.1) is 5.82 Å². The van der Waals surface area contributed by atoms with E-state index in [2.05, 4.69) is 24.9 Å². The fourth-order valence-electron chi connectivity index (χ4n) is 3.12. The quantitative estimate of drug-likeness (QED) is 0.314. The fraction of sp³-hybridized carbons (Fsp3) is 0.316. The summed E-state index contributed by atoms with van der Waals surface area (Å²) in [5.41, 5.74) is 7.92. The van der Waals surface area contributed by atoms with Gasteiger partial charge in [-0.1, -0.05) is 0 Å². The lowest BCUT2D eigenvalue weighted by molar-refractivity contribution is 0.380. The summed E-state index contributed by atoms with van der Waals surface area (Å²) in [6.45, 7) is 4.05. The van der Waals surface area contributed by atoms with E-state index in [0.717, 1.165) is 42.7 Å². The maximum absolute atomic E-state index is 13.0. The predicted octanol–water partition coefficient (Wildman–Crippen LogP) is 2.77. The van der Waals surface area contributed by atoms with Gasteiger partial charge in [-0.3, -0.25) is 4.99 Å². The zero-order chi connectivity index (χ0) is 19.3. The molecule has 4 rings (SSSR count). The highest BCUT2D eigenvalue weighted by Gasteiger charge is 2.19. The molecule has 1 aromatic carbocycles. The number of aliphatic imine (C=N–C) groups is 1. The van der Waals surface area contributed by atoms with Crippen LogP contribution in [-0.4, -0.2) is 58.3 Å². The number of halogens is 2. The van der Waals surface area contributed by atoms with E-state index in [0.29, 0.717) is 18.9 Å². The molecule has 7 nitrogen and oxygen atoms in total. The number of rotatable bonds is 5. The Kier molecular flexibility index (Phi) is 7.42. The van der Waals surface area contributed by atoms with Crippen molar-refractivity contribution in [2.45, 2.75) is 6.42 Å². The van der Waals surface area contributed by atoms with E-state index >= 15 is 0 Å². The standard InChI is InChI=1S/C19H22FN7S.HI/c20-15-1-3-17(4-2-15)27-9-6-16(24-27)5-7-22-18(21)25-10-12-26(13-11-25)19-23-8-14-28-19;/h1-4,6,8-9,14H,5,7,10-13H2,(H2,21,22);1H. The first kappa shape index (κ1) is 21.5. The molecule has 0 spiro atoms. The number of piperazine rings is 1. The van der Waals surface area contributed by atoms with Crippen LogP contribution in [0.4, 0.5) is 9.52 Å². The average Bonchev–Trinajstić information content (AvgIpc) is 3.41. The summed E-state index contributed by atoms with van der Waals surface area (Å²) >= 11 is 1.66. The highest BCUT2D eigenvalue weighted by Crippen LogP contribution is 2.18. The molecule has 29 heavy (non-hydrogen) atoms. The third-order valence-corrected chi connectivity index (χ3v) is 5.50. The zero-order valence-electron chi connectivity index (χ0n) is 15.8. The summed E-state index contributed by atoms with van der Waals surface area (Å²) < 4.78 is 14.8. The monoisotopic (exact) mass is 527 g/mol.